The molecule has 1 aliphatic carbocycles. The molecule has 3 rings (SSSR count). The van der Waals surface area contributed by atoms with Crippen molar-refractivity contribution in [3.8, 4) is 11.1 Å². The number of aromatic nitrogens is 1. The van der Waals surface area contributed by atoms with Crippen molar-refractivity contribution >= 4 is 5.57 Å². The Morgan fingerprint density at radius 3 is 2.67 bits per heavy atom. The number of hydrogen-bond acceptors (Lipinski definition) is 0. The Labute approximate surface area is 113 Å². The lowest BCUT2D eigenvalue weighted by Crippen LogP contribution is -2.31. The molecule has 0 atom stereocenters. The Kier molecular flexibility index (Phi) is 1.88. The van der Waals surface area contributed by atoms with Crippen molar-refractivity contribution in [2.75, 3.05) is 0 Å². The van der Waals surface area contributed by atoms with E-state index in [1.54, 1.807) is 18.2 Å². The highest BCUT2D eigenvalue weighted by Gasteiger charge is 2.25. The SMILES string of the molecule is [2H]C([2H])([2H])c1cccc(-c2ccc(C3=C(C)C3)[n+](C)c2)c1. The molecule has 2 aromatic rings. The van der Waals surface area contributed by atoms with E-state index in [4.69, 9.17) is 4.11 Å². The number of rotatable bonds is 2. The van der Waals surface area contributed by atoms with Crippen LogP contribution in [0.2, 0.25) is 0 Å². The lowest BCUT2D eigenvalue weighted by molar-refractivity contribution is -0.673. The maximum Gasteiger partial charge on any atom is 0.208 e. The predicted octanol–water partition coefficient (Wildman–Crippen LogP) is 3.66. The van der Waals surface area contributed by atoms with E-state index >= 15 is 0 Å². The lowest BCUT2D eigenvalue weighted by atomic mass is 10.0. The first-order valence-electron chi connectivity index (χ1n) is 7.66. The van der Waals surface area contributed by atoms with Gasteiger partial charge in [-0.3, -0.25) is 0 Å². The normalized spacial score (nSPS) is 17.1. The highest BCUT2D eigenvalue weighted by molar-refractivity contribution is 5.79. The summed E-state index contributed by atoms with van der Waals surface area (Å²) >= 11 is 0. The molecule has 0 saturated heterocycles. The van der Waals surface area contributed by atoms with E-state index in [0.717, 1.165) is 17.5 Å². The van der Waals surface area contributed by atoms with Gasteiger partial charge in [-0.2, -0.15) is 0 Å². The fraction of sp³-hybridized carbons (Fsp3) is 0.235. The van der Waals surface area contributed by atoms with Crippen LogP contribution in [0.1, 0.15) is 28.7 Å². The maximum atomic E-state index is 7.52. The van der Waals surface area contributed by atoms with E-state index in [1.807, 2.05) is 13.1 Å². The van der Waals surface area contributed by atoms with Crippen molar-refractivity contribution in [2.45, 2.75) is 20.2 Å². The summed E-state index contributed by atoms with van der Waals surface area (Å²) in [6.07, 6.45) is 3.16. The van der Waals surface area contributed by atoms with E-state index in [-0.39, 0.29) is 0 Å². The van der Waals surface area contributed by atoms with Gasteiger partial charge in [-0.1, -0.05) is 35.4 Å². The summed E-state index contributed by atoms with van der Waals surface area (Å²) < 4.78 is 24.7. The van der Waals surface area contributed by atoms with Crippen LogP contribution in [0, 0.1) is 6.85 Å². The summed E-state index contributed by atoms with van der Waals surface area (Å²) in [6, 6.07) is 11.3. The number of hydrogen-bond donors (Lipinski definition) is 0. The molecule has 0 N–H and O–H groups in total. The zero-order valence-electron chi connectivity index (χ0n) is 13.7. The fourth-order valence-electron chi connectivity index (χ4n) is 2.32. The number of pyridine rings is 1. The van der Waals surface area contributed by atoms with Gasteiger partial charge in [-0.15, -0.1) is 0 Å². The van der Waals surface area contributed by atoms with E-state index in [9.17, 15) is 0 Å². The Morgan fingerprint density at radius 2 is 2.00 bits per heavy atom. The highest BCUT2D eigenvalue weighted by Crippen LogP contribution is 2.37. The summed E-state index contributed by atoms with van der Waals surface area (Å²) in [5.74, 6) is 0. The first kappa shape index (κ1) is 8.25. The molecule has 0 amide bonds. The maximum absolute atomic E-state index is 7.52. The van der Waals surface area contributed by atoms with Crippen LogP contribution in [0.15, 0.2) is 48.2 Å². The fourth-order valence-corrected chi connectivity index (χ4v) is 2.32. The summed E-state index contributed by atoms with van der Waals surface area (Å²) in [4.78, 5) is 0. The van der Waals surface area contributed by atoms with Gasteiger partial charge < -0.3 is 0 Å². The molecule has 0 spiro atoms. The molecule has 0 fully saturated rings. The van der Waals surface area contributed by atoms with Crippen LogP contribution in [-0.4, -0.2) is 0 Å². The van der Waals surface area contributed by atoms with Crippen molar-refractivity contribution < 1.29 is 8.68 Å². The Morgan fingerprint density at radius 1 is 1.17 bits per heavy atom. The van der Waals surface area contributed by atoms with Gasteiger partial charge in [0.05, 0.1) is 0 Å². The third kappa shape index (κ3) is 1.97. The standard InChI is InChI=1S/C17H18N/c1-12-5-4-6-14(9-12)15-7-8-17(18(3)11-15)16-10-13(16)2/h4-9,11H,10H2,1-3H3/q+1/i1D3. The van der Waals surface area contributed by atoms with E-state index < -0.39 is 6.85 Å². The molecule has 1 nitrogen and oxygen atoms in total. The Hall–Kier alpha value is -1.89. The van der Waals surface area contributed by atoms with Gasteiger partial charge >= 0.3 is 0 Å². The Balaban J connectivity index is 2.00. The minimum Gasteiger partial charge on any atom is -0.201 e. The minimum atomic E-state index is -2.06. The number of benzene rings is 1. The van der Waals surface area contributed by atoms with Crippen LogP contribution in [0.4, 0.5) is 0 Å². The van der Waals surface area contributed by atoms with Crippen molar-refractivity contribution in [1.82, 2.24) is 0 Å². The summed E-state index contributed by atoms with van der Waals surface area (Å²) in [5, 5.41) is 0. The third-order valence-corrected chi connectivity index (χ3v) is 3.47. The minimum absolute atomic E-state index is 0.382. The number of nitrogens with zero attached hydrogens (tertiary/aromatic N) is 1. The van der Waals surface area contributed by atoms with Gasteiger partial charge in [0.1, 0.15) is 7.05 Å². The quantitative estimate of drug-likeness (QED) is 0.704. The molecule has 1 heterocycles. The molecule has 1 aliphatic rings. The molecule has 18 heavy (non-hydrogen) atoms. The highest BCUT2D eigenvalue weighted by atomic mass is 14.9. The molecular formula is C17H18N+. The molecule has 1 aromatic heterocycles. The first-order valence-corrected chi connectivity index (χ1v) is 6.16. The Bertz CT molecular complexity index is 742. The van der Waals surface area contributed by atoms with Gasteiger partial charge in [0.15, 0.2) is 6.20 Å². The van der Waals surface area contributed by atoms with Crippen molar-refractivity contribution in [3.05, 3.63) is 59.4 Å². The van der Waals surface area contributed by atoms with E-state index in [2.05, 4.69) is 29.8 Å². The molecule has 1 aromatic carbocycles. The molecule has 90 valence electrons. The molecule has 1 heteroatoms. The molecule has 0 bridgehead atoms. The predicted molar refractivity (Wildman–Crippen MR) is 75.0 cm³/mol. The van der Waals surface area contributed by atoms with Gasteiger partial charge in [0.2, 0.25) is 5.69 Å². The van der Waals surface area contributed by atoms with E-state index in [0.29, 0.717) is 5.56 Å². The van der Waals surface area contributed by atoms with Gasteiger partial charge in [-0.25, -0.2) is 4.57 Å². The number of allylic oxidation sites excluding steroid dienone is 2. The topological polar surface area (TPSA) is 3.88 Å². The average molecular weight is 239 g/mol. The largest absolute Gasteiger partial charge is 0.208 e. The number of aryl methyl sites for hydroxylation is 2. The summed E-state index contributed by atoms with van der Waals surface area (Å²) in [7, 11) is 2.03. The molecule has 0 saturated carbocycles. The molecular weight excluding hydrogens is 218 g/mol. The van der Waals surface area contributed by atoms with Crippen LogP contribution < -0.4 is 4.57 Å². The van der Waals surface area contributed by atoms with Gasteiger partial charge in [0.25, 0.3) is 0 Å². The first-order chi connectivity index (χ1) is 9.86. The van der Waals surface area contributed by atoms with Crippen LogP contribution in [-0.2, 0) is 7.05 Å². The molecule has 0 aliphatic heterocycles. The summed E-state index contributed by atoms with van der Waals surface area (Å²) in [6.45, 7) is 0.0944. The van der Waals surface area contributed by atoms with Crippen LogP contribution in [0.5, 0.6) is 0 Å². The average Bonchev–Trinajstić information content (AvgIpc) is 3.14. The monoisotopic (exact) mass is 239 g/mol. The van der Waals surface area contributed by atoms with Crippen LogP contribution in [0.3, 0.4) is 0 Å². The van der Waals surface area contributed by atoms with Gasteiger partial charge in [0, 0.05) is 27.7 Å². The smallest absolute Gasteiger partial charge is 0.201 e. The second-order valence-electron chi connectivity index (χ2n) is 4.93. The van der Waals surface area contributed by atoms with Crippen LogP contribution >= 0.6 is 0 Å². The zero-order chi connectivity index (χ0) is 15.2. The zero-order valence-corrected chi connectivity index (χ0v) is 10.7. The third-order valence-electron chi connectivity index (χ3n) is 3.47. The summed E-state index contributed by atoms with van der Waals surface area (Å²) in [5.41, 5.74) is 6.46. The van der Waals surface area contributed by atoms with Crippen molar-refractivity contribution in [1.29, 1.82) is 0 Å². The van der Waals surface area contributed by atoms with Crippen molar-refractivity contribution in [2.24, 2.45) is 7.05 Å². The second-order valence-corrected chi connectivity index (χ2v) is 4.93. The molecule has 0 unspecified atom stereocenters. The van der Waals surface area contributed by atoms with Gasteiger partial charge in [-0.05, 0) is 25.4 Å². The van der Waals surface area contributed by atoms with Crippen LogP contribution in [0.25, 0.3) is 16.7 Å². The van der Waals surface area contributed by atoms with E-state index in [1.165, 1.54) is 16.8 Å². The lowest BCUT2D eigenvalue weighted by Gasteiger charge is -2.03. The van der Waals surface area contributed by atoms with Crippen molar-refractivity contribution in [3.63, 3.8) is 0 Å². The second kappa shape index (κ2) is 4.09. The molecule has 0 radical (unpaired) electrons.